The summed E-state index contributed by atoms with van der Waals surface area (Å²) in [6, 6.07) is 1.75. The SMILES string of the molecule is [C-]#[N+]c1ncc(N=C=S)cc1C. The van der Waals surface area contributed by atoms with Gasteiger partial charge in [0, 0.05) is 0 Å². The van der Waals surface area contributed by atoms with Crippen molar-refractivity contribution < 1.29 is 0 Å². The van der Waals surface area contributed by atoms with E-state index in [4.69, 9.17) is 6.57 Å². The van der Waals surface area contributed by atoms with Crippen molar-refractivity contribution in [2.75, 3.05) is 0 Å². The lowest BCUT2D eigenvalue weighted by atomic mass is 10.3. The summed E-state index contributed by atoms with van der Waals surface area (Å²) in [6.07, 6.45) is 1.50. The summed E-state index contributed by atoms with van der Waals surface area (Å²) in [6.45, 7) is 8.56. The van der Waals surface area contributed by atoms with Gasteiger partial charge in [-0.15, -0.1) is 4.98 Å². The van der Waals surface area contributed by atoms with E-state index < -0.39 is 0 Å². The Morgan fingerprint density at radius 2 is 2.50 bits per heavy atom. The number of thiocarbonyl (C=S) groups is 1. The Bertz CT molecular complexity index is 386. The molecule has 0 saturated heterocycles. The second-order valence-corrected chi connectivity index (χ2v) is 2.33. The average molecular weight is 175 g/mol. The molecule has 1 aromatic rings. The molecule has 0 unspecified atom stereocenters. The molecule has 58 valence electrons. The zero-order valence-corrected chi connectivity index (χ0v) is 7.22. The summed E-state index contributed by atoms with van der Waals surface area (Å²) >= 11 is 4.43. The number of aryl methyl sites for hydroxylation is 1. The van der Waals surface area contributed by atoms with E-state index in [1.54, 1.807) is 6.07 Å². The molecule has 0 saturated carbocycles. The molecule has 0 radical (unpaired) electrons. The number of rotatable bonds is 1. The van der Waals surface area contributed by atoms with E-state index in [1.807, 2.05) is 6.92 Å². The molecule has 1 heterocycles. The van der Waals surface area contributed by atoms with Crippen molar-refractivity contribution in [3.63, 3.8) is 0 Å². The van der Waals surface area contributed by atoms with E-state index in [0.29, 0.717) is 11.5 Å². The monoisotopic (exact) mass is 175 g/mol. The first-order valence-electron chi connectivity index (χ1n) is 3.20. The summed E-state index contributed by atoms with van der Waals surface area (Å²) in [5.41, 5.74) is 1.44. The predicted octanol–water partition coefficient (Wildman–Crippen LogP) is 2.68. The molecule has 0 N–H and O–H groups in total. The molecule has 0 aliphatic carbocycles. The minimum absolute atomic E-state index is 0.401. The second-order valence-electron chi connectivity index (χ2n) is 2.15. The maximum Gasteiger partial charge on any atom is 0.272 e. The first-order valence-corrected chi connectivity index (χ1v) is 3.60. The van der Waals surface area contributed by atoms with Crippen LogP contribution in [-0.4, -0.2) is 10.1 Å². The van der Waals surface area contributed by atoms with E-state index in [0.717, 1.165) is 5.56 Å². The van der Waals surface area contributed by atoms with Gasteiger partial charge < -0.3 is 4.85 Å². The third kappa shape index (κ3) is 1.73. The molecule has 12 heavy (non-hydrogen) atoms. The molecule has 0 atom stereocenters. The lowest BCUT2D eigenvalue weighted by Gasteiger charge is -1.94. The molecule has 0 aliphatic rings. The third-order valence-corrected chi connectivity index (χ3v) is 1.41. The van der Waals surface area contributed by atoms with Gasteiger partial charge in [0.15, 0.2) is 0 Å². The Kier molecular flexibility index (Phi) is 2.65. The summed E-state index contributed by atoms with van der Waals surface area (Å²) < 4.78 is 0. The van der Waals surface area contributed by atoms with Crippen LogP contribution in [0.1, 0.15) is 5.56 Å². The van der Waals surface area contributed by atoms with Crippen LogP contribution in [0.2, 0.25) is 0 Å². The molecule has 0 spiro atoms. The normalized spacial score (nSPS) is 8.33. The van der Waals surface area contributed by atoms with Crippen molar-refractivity contribution >= 4 is 28.9 Å². The van der Waals surface area contributed by atoms with Gasteiger partial charge in [-0.3, -0.25) is 0 Å². The van der Waals surface area contributed by atoms with Gasteiger partial charge in [0.05, 0.1) is 5.16 Å². The van der Waals surface area contributed by atoms with Crippen LogP contribution in [-0.2, 0) is 0 Å². The molecule has 0 aromatic carbocycles. The Morgan fingerprint density at radius 3 is 3.00 bits per heavy atom. The molecule has 0 fully saturated rings. The zero-order chi connectivity index (χ0) is 8.97. The summed E-state index contributed by atoms with van der Waals surface area (Å²) in [4.78, 5) is 10.8. The van der Waals surface area contributed by atoms with Crippen molar-refractivity contribution in [2.45, 2.75) is 6.92 Å². The summed E-state index contributed by atoms with van der Waals surface area (Å²) in [7, 11) is 0. The minimum Gasteiger partial charge on any atom is -0.360 e. The molecule has 4 heteroatoms. The van der Waals surface area contributed by atoms with Crippen LogP contribution in [0, 0.1) is 13.5 Å². The lowest BCUT2D eigenvalue weighted by Crippen LogP contribution is -1.77. The van der Waals surface area contributed by atoms with Crippen LogP contribution in [0.5, 0.6) is 0 Å². The molecular weight excluding hydrogens is 170 g/mol. The molecule has 0 aliphatic heterocycles. The van der Waals surface area contributed by atoms with Crippen molar-refractivity contribution in [1.29, 1.82) is 0 Å². The Labute approximate surface area is 75.6 Å². The summed E-state index contributed by atoms with van der Waals surface area (Å²) in [5.74, 6) is 0.401. The first-order chi connectivity index (χ1) is 5.77. The third-order valence-electron chi connectivity index (χ3n) is 1.32. The maximum absolute atomic E-state index is 6.75. The van der Waals surface area contributed by atoms with Crippen LogP contribution < -0.4 is 0 Å². The van der Waals surface area contributed by atoms with Gasteiger partial charge in [-0.2, -0.15) is 4.99 Å². The van der Waals surface area contributed by atoms with Crippen molar-refractivity contribution in [2.24, 2.45) is 4.99 Å². The van der Waals surface area contributed by atoms with Gasteiger partial charge in [0.25, 0.3) is 5.82 Å². The number of hydrogen-bond acceptors (Lipinski definition) is 3. The van der Waals surface area contributed by atoms with Crippen molar-refractivity contribution in [3.8, 4) is 0 Å². The van der Waals surface area contributed by atoms with Gasteiger partial charge in [-0.05, 0) is 30.8 Å². The van der Waals surface area contributed by atoms with Gasteiger partial charge in [-0.1, -0.05) is 6.57 Å². The number of hydrogen-bond donors (Lipinski definition) is 0. The van der Waals surface area contributed by atoms with Gasteiger partial charge in [0.2, 0.25) is 0 Å². The predicted molar refractivity (Wildman–Crippen MR) is 49.9 cm³/mol. The highest BCUT2D eigenvalue weighted by Gasteiger charge is 1.99. The van der Waals surface area contributed by atoms with Crippen LogP contribution in [0.25, 0.3) is 4.85 Å². The highest BCUT2D eigenvalue weighted by atomic mass is 32.1. The molecule has 0 bridgehead atoms. The first kappa shape index (κ1) is 8.54. The molecule has 1 rings (SSSR count). The Hall–Kier alpha value is -1.56. The van der Waals surface area contributed by atoms with Gasteiger partial charge in [-0.25, -0.2) is 0 Å². The Balaban J connectivity index is 3.20. The van der Waals surface area contributed by atoms with Gasteiger partial charge >= 0.3 is 0 Å². The van der Waals surface area contributed by atoms with E-state index >= 15 is 0 Å². The van der Waals surface area contributed by atoms with E-state index in [1.165, 1.54) is 6.20 Å². The highest BCUT2D eigenvalue weighted by molar-refractivity contribution is 7.78. The fourth-order valence-electron chi connectivity index (χ4n) is 0.784. The van der Waals surface area contributed by atoms with Crippen LogP contribution in [0.4, 0.5) is 11.5 Å². The molecule has 0 amide bonds. The largest absolute Gasteiger partial charge is 0.360 e. The standard InChI is InChI=1S/C8H5N3S/c1-6-3-7(11-5-12)4-10-8(6)9-2/h3-4H,1H3. The maximum atomic E-state index is 6.75. The van der Waals surface area contributed by atoms with Crippen molar-refractivity contribution in [1.82, 2.24) is 4.98 Å². The minimum atomic E-state index is 0.401. The molecular formula is C8H5N3S. The number of pyridine rings is 1. The van der Waals surface area contributed by atoms with Crippen LogP contribution >= 0.6 is 12.2 Å². The van der Waals surface area contributed by atoms with Crippen LogP contribution in [0.15, 0.2) is 17.3 Å². The number of aliphatic imine (C=N–C) groups is 1. The number of aromatic nitrogens is 1. The highest BCUT2D eigenvalue weighted by Crippen LogP contribution is 2.19. The smallest absolute Gasteiger partial charge is 0.272 e. The van der Waals surface area contributed by atoms with Crippen LogP contribution in [0.3, 0.4) is 0 Å². The summed E-state index contributed by atoms with van der Waals surface area (Å²) in [5, 5.41) is 2.24. The molecule has 3 nitrogen and oxygen atoms in total. The lowest BCUT2D eigenvalue weighted by molar-refractivity contribution is 1.28. The second kappa shape index (κ2) is 3.72. The quantitative estimate of drug-likeness (QED) is 0.373. The number of nitrogens with zero attached hydrogens (tertiary/aromatic N) is 3. The molecule has 1 aromatic heterocycles. The average Bonchev–Trinajstić information content (AvgIpc) is 2.05. The van der Waals surface area contributed by atoms with E-state index in [-0.39, 0.29) is 0 Å². The van der Waals surface area contributed by atoms with E-state index in [2.05, 4.69) is 32.2 Å². The topological polar surface area (TPSA) is 29.6 Å². The van der Waals surface area contributed by atoms with E-state index in [9.17, 15) is 0 Å². The fraction of sp³-hybridized carbons (Fsp3) is 0.125. The van der Waals surface area contributed by atoms with Crippen molar-refractivity contribution in [3.05, 3.63) is 29.2 Å². The Morgan fingerprint density at radius 1 is 1.75 bits per heavy atom. The zero-order valence-electron chi connectivity index (χ0n) is 6.40. The fourth-order valence-corrected chi connectivity index (χ4v) is 0.889. The van der Waals surface area contributed by atoms with Gasteiger partial charge in [0.1, 0.15) is 11.9 Å². The number of isothiocyanates is 1.